The monoisotopic (exact) mass is 390 g/mol. The lowest BCUT2D eigenvalue weighted by Crippen LogP contribution is -2.34. The Kier molecular flexibility index (Phi) is 5.31. The molecule has 0 aliphatic heterocycles. The van der Waals surface area contributed by atoms with Crippen LogP contribution in [0.25, 0.3) is 10.2 Å². The third kappa shape index (κ3) is 4.56. The number of hydrogen-bond acceptors (Lipinski definition) is 4. The van der Waals surface area contributed by atoms with Crippen LogP contribution in [0.3, 0.4) is 0 Å². The normalized spacial score (nSPS) is 10.9. The molecule has 1 aromatic heterocycles. The second-order valence-electron chi connectivity index (χ2n) is 6.04. The lowest BCUT2D eigenvalue weighted by molar-refractivity contribution is 0.102. The zero-order valence-electron chi connectivity index (χ0n) is 14.5. The highest BCUT2D eigenvalue weighted by Crippen LogP contribution is 2.28. The van der Waals surface area contributed by atoms with Crippen molar-refractivity contribution in [1.82, 2.24) is 10.3 Å². The average Bonchev–Trinajstić information content (AvgIpc) is 2.95. The molecule has 3 N–H and O–H groups in total. The first-order valence-electron chi connectivity index (χ1n) is 8.06. The van der Waals surface area contributed by atoms with Gasteiger partial charge in [0.05, 0.1) is 10.2 Å². The Labute approximate surface area is 157 Å². The third-order valence-corrected chi connectivity index (χ3v) is 4.39. The molecule has 6 nitrogen and oxygen atoms in total. The Morgan fingerprint density at radius 1 is 1.07 bits per heavy atom. The molecule has 3 aromatic rings. The summed E-state index contributed by atoms with van der Waals surface area (Å²) < 4.78 is 27.0. The maximum absolute atomic E-state index is 13.3. The van der Waals surface area contributed by atoms with Gasteiger partial charge in [-0.2, -0.15) is 0 Å². The summed E-state index contributed by atoms with van der Waals surface area (Å²) in [5, 5.41) is 8.14. The Balaban J connectivity index is 1.74. The number of carbonyl (C=O) groups excluding carboxylic acids is 2. The molecule has 3 rings (SSSR count). The van der Waals surface area contributed by atoms with Crippen LogP contribution in [0.5, 0.6) is 0 Å². The molecule has 0 aliphatic rings. The largest absolute Gasteiger partial charge is 0.336 e. The van der Waals surface area contributed by atoms with Crippen molar-refractivity contribution < 1.29 is 18.4 Å². The first-order valence-corrected chi connectivity index (χ1v) is 8.88. The number of nitrogens with one attached hydrogen (secondary N) is 3. The van der Waals surface area contributed by atoms with Gasteiger partial charge in [0.25, 0.3) is 5.91 Å². The standard InChI is InChI=1S/C18H16F2N4O2S/c1-9(2)21-17(26)22-11-5-3-4-10(6-11)16(25)24-18-23-14-7-12(19)13(20)8-15(14)27-18/h3-9H,1-2H3,(H2,21,22,26)(H,23,24,25). The minimum atomic E-state index is -0.996. The van der Waals surface area contributed by atoms with E-state index in [1.54, 1.807) is 18.2 Å². The van der Waals surface area contributed by atoms with Crippen LogP contribution >= 0.6 is 11.3 Å². The molecule has 9 heteroatoms. The Hall–Kier alpha value is -3.07. The summed E-state index contributed by atoms with van der Waals surface area (Å²) >= 11 is 1.04. The number of fused-ring (bicyclic) bond motifs is 1. The minimum Gasteiger partial charge on any atom is -0.336 e. The van der Waals surface area contributed by atoms with E-state index in [0.717, 1.165) is 23.5 Å². The van der Waals surface area contributed by atoms with Crippen molar-refractivity contribution in [2.75, 3.05) is 10.6 Å². The van der Waals surface area contributed by atoms with Crippen LogP contribution in [0.15, 0.2) is 36.4 Å². The predicted molar refractivity (Wildman–Crippen MR) is 101 cm³/mol. The molecule has 0 aliphatic carbocycles. The number of aromatic nitrogens is 1. The van der Waals surface area contributed by atoms with Crippen LogP contribution in [0.2, 0.25) is 0 Å². The van der Waals surface area contributed by atoms with Crippen molar-refractivity contribution >= 4 is 44.3 Å². The maximum Gasteiger partial charge on any atom is 0.319 e. The van der Waals surface area contributed by atoms with Crippen molar-refractivity contribution in [2.45, 2.75) is 19.9 Å². The van der Waals surface area contributed by atoms with Crippen molar-refractivity contribution in [1.29, 1.82) is 0 Å². The first kappa shape index (κ1) is 18.7. The van der Waals surface area contributed by atoms with E-state index in [2.05, 4.69) is 20.9 Å². The summed E-state index contributed by atoms with van der Waals surface area (Å²) in [5.74, 6) is -2.42. The maximum atomic E-state index is 13.3. The van der Waals surface area contributed by atoms with Crippen LogP contribution in [-0.4, -0.2) is 23.0 Å². The van der Waals surface area contributed by atoms with Gasteiger partial charge in [0.15, 0.2) is 16.8 Å². The van der Waals surface area contributed by atoms with E-state index in [1.807, 2.05) is 13.8 Å². The van der Waals surface area contributed by atoms with Crippen LogP contribution in [0.1, 0.15) is 24.2 Å². The number of anilines is 2. The van der Waals surface area contributed by atoms with Crippen molar-refractivity contribution in [3.05, 3.63) is 53.6 Å². The lowest BCUT2D eigenvalue weighted by Gasteiger charge is -2.10. The highest BCUT2D eigenvalue weighted by atomic mass is 32.1. The highest BCUT2D eigenvalue weighted by Gasteiger charge is 2.13. The zero-order valence-corrected chi connectivity index (χ0v) is 15.3. The number of halogens is 2. The van der Waals surface area contributed by atoms with Gasteiger partial charge in [-0.25, -0.2) is 18.6 Å². The Bertz CT molecular complexity index is 981. The topological polar surface area (TPSA) is 83.1 Å². The summed E-state index contributed by atoms with van der Waals surface area (Å²) in [6.45, 7) is 3.67. The molecule has 0 spiro atoms. The van der Waals surface area contributed by atoms with Gasteiger partial charge in [0, 0.05) is 23.4 Å². The third-order valence-electron chi connectivity index (χ3n) is 3.45. The Morgan fingerprint density at radius 3 is 2.56 bits per heavy atom. The van der Waals surface area contributed by atoms with Gasteiger partial charge in [-0.3, -0.25) is 10.1 Å². The molecule has 27 heavy (non-hydrogen) atoms. The Morgan fingerprint density at radius 2 is 1.81 bits per heavy atom. The van der Waals surface area contributed by atoms with E-state index in [-0.39, 0.29) is 22.7 Å². The number of carbonyl (C=O) groups is 2. The molecule has 3 amide bonds. The molecule has 0 bridgehead atoms. The SMILES string of the molecule is CC(C)NC(=O)Nc1cccc(C(=O)Nc2nc3cc(F)c(F)cc3s2)c1. The molecule has 0 saturated carbocycles. The summed E-state index contributed by atoms with van der Waals surface area (Å²) in [6, 6.07) is 7.99. The number of rotatable bonds is 4. The van der Waals surface area contributed by atoms with Crippen LogP contribution in [0.4, 0.5) is 24.4 Å². The quantitative estimate of drug-likeness (QED) is 0.619. The molecule has 0 saturated heterocycles. The molecule has 140 valence electrons. The highest BCUT2D eigenvalue weighted by molar-refractivity contribution is 7.22. The fraction of sp³-hybridized carbons (Fsp3) is 0.167. The van der Waals surface area contributed by atoms with Crippen molar-refractivity contribution in [3.63, 3.8) is 0 Å². The van der Waals surface area contributed by atoms with Gasteiger partial charge in [-0.05, 0) is 38.1 Å². The number of amides is 3. The molecular weight excluding hydrogens is 374 g/mol. The van der Waals surface area contributed by atoms with Gasteiger partial charge in [-0.1, -0.05) is 17.4 Å². The fourth-order valence-corrected chi connectivity index (χ4v) is 3.18. The molecular formula is C18H16F2N4O2S. The van der Waals surface area contributed by atoms with E-state index in [9.17, 15) is 18.4 Å². The first-order chi connectivity index (χ1) is 12.8. The summed E-state index contributed by atoms with van der Waals surface area (Å²) in [4.78, 5) is 28.3. The zero-order chi connectivity index (χ0) is 19.6. The van der Waals surface area contributed by atoms with Gasteiger partial charge >= 0.3 is 6.03 Å². The summed E-state index contributed by atoms with van der Waals surface area (Å²) in [5.41, 5.74) is 1.01. The predicted octanol–water partition coefficient (Wildman–Crippen LogP) is 4.36. The smallest absolute Gasteiger partial charge is 0.319 e. The second-order valence-corrected chi connectivity index (χ2v) is 7.07. The van der Waals surface area contributed by atoms with E-state index < -0.39 is 17.5 Å². The fourth-order valence-electron chi connectivity index (χ4n) is 2.31. The number of urea groups is 1. The molecule has 0 unspecified atom stereocenters. The van der Waals surface area contributed by atoms with Gasteiger partial charge < -0.3 is 10.6 Å². The molecule has 0 radical (unpaired) electrons. The number of benzene rings is 2. The van der Waals surface area contributed by atoms with Crippen molar-refractivity contribution in [2.24, 2.45) is 0 Å². The second kappa shape index (κ2) is 7.67. The van der Waals surface area contributed by atoms with E-state index in [1.165, 1.54) is 6.07 Å². The summed E-state index contributed by atoms with van der Waals surface area (Å²) in [7, 11) is 0. The van der Waals surface area contributed by atoms with E-state index in [0.29, 0.717) is 16.0 Å². The molecule has 1 heterocycles. The molecule has 2 aromatic carbocycles. The number of nitrogens with zero attached hydrogens (tertiary/aromatic N) is 1. The number of hydrogen-bond donors (Lipinski definition) is 3. The average molecular weight is 390 g/mol. The van der Waals surface area contributed by atoms with Gasteiger partial charge in [0.2, 0.25) is 0 Å². The van der Waals surface area contributed by atoms with E-state index >= 15 is 0 Å². The number of thiazole rings is 1. The van der Waals surface area contributed by atoms with Gasteiger partial charge in [-0.15, -0.1) is 0 Å². The minimum absolute atomic E-state index is 0.0230. The van der Waals surface area contributed by atoms with Crippen LogP contribution < -0.4 is 16.0 Å². The van der Waals surface area contributed by atoms with Crippen LogP contribution in [-0.2, 0) is 0 Å². The summed E-state index contributed by atoms with van der Waals surface area (Å²) in [6.07, 6.45) is 0. The molecule has 0 atom stereocenters. The lowest BCUT2D eigenvalue weighted by atomic mass is 10.2. The van der Waals surface area contributed by atoms with E-state index in [4.69, 9.17) is 0 Å². The van der Waals surface area contributed by atoms with Crippen molar-refractivity contribution in [3.8, 4) is 0 Å². The van der Waals surface area contributed by atoms with Gasteiger partial charge in [0.1, 0.15) is 0 Å². The van der Waals surface area contributed by atoms with Crippen LogP contribution in [0, 0.1) is 11.6 Å². The molecule has 0 fully saturated rings.